The van der Waals surface area contributed by atoms with Crippen LogP contribution in [0.25, 0.3) is 0 Å². The zero-order chi connectivity index (χ0) is 9.52. The Labute approximate surface area is 76.7 Å². The molecular weight excluding hydrogens is 166 g/mol. The summed E-state index contributed by atoms with van der Waals surface area (Å²) in [5.74, 6) is 0.0699. The van der Waals surface area contributed by atoms with E-state index in [9.17, 15) is 4.79 Å². The second-order valence-corrected chi connectivity index (χ2v) is 2.63. The summed E-state index contributed by atoms with van der Waals surface area (Å²) in [7, 11) is 0. The fourth-order valence-corrected chi connectivity index (χ4v) is 1.02. The summed E-state index contributed by atoms with van der Waals surface area (Å²) in [6, 6.07) is 9.07. The van der Waals surface area contributed by atoms with Gasteiger partial charge in [0.2, 0.25) is 0 Å². The minimum atomic E-state index is 0.0699. The Morgan fingerprint density at radius 3 is 2.69 bits per heavy atom. The lowest BCUT2D eigenvalue weighted by molar-refractivity contribution is 0.0985. The van der Waals surface area contributed by atoms with Gasteiger partial charge in [-0.25, -0.2) is 0 Å². The summed E-state index contributed by atoms with van der Waals surface area (Å²) in [4.78, 5) is 11.4. The van der Waals surface area contributed by atoms with Crippen molar-refractivity contribution in [2.24, 2.45) is 5.16 Å². The quantitative estimate of drug-likeness (QED) is 0.331. The number of hydrogen-bond donors (Lipinski definition) is 1. The Balaban J connectivity index is 2.49. The topological polar surface area (TPSA) is 49.7 Å². The third kappa shape index (κ3) is 3.07. The molecule has 0 radical (unpaired) electrons. The largest absolute Gasteiger partial charge is 0.411 e. The van der Waals surface area contributed by atoms with Crippen LogP contribution in [0.2, 0.25) is 0 Å². The maximum Gasteiger partial charge on any atom is 0.163 e. The number of carbonyl (C=O) groups is 1. The van der Waals surface area contributed by atoms with E-state index in [0.717, 1.165) is 0 Å². The van der Waals surface area contributed by atoms with Gasteiger partial charge in [-0.2, -0.15) is 0 Å². The van der Waals surface area contributed by atoms with Gasteiger partial charge in [0.1, 0.15) is 0 Å². The zero-order valence-electron chi connectivity index (χ0n) is 7.18. The smallest absolute Gasteiger partial charge is 0.163 e. The summed E-state index contributed by atoms with van der Waals surface area (Å²) in [5.41, 5.74) is 0.703. The molecule has 0 aromatic heterocycles. The molecule has 1 rings (SSSR count). The molecule has 1 N–H and O–H groups in total. The SMILES string of the molecule is O=C(CCC=NO)c1ccccc1. The molecule has 0 aliphatic heterocycles. The zero-order valence-corrected chi connectivity index (χ0v) is 7.18. The molecule has 0 atom stereocenters. The van der Waals surface area contributed by atoms with Crippen molar-refractivity contribution in [3.63, 3.8) is 0 Å². The molecular formula is C10H11NO2. The van der Waals surface area contributed by atoms with Crippen molar-refractivity contribution in [1.82, 2.24) is 0 Å². The predicted molar refractivity (Wildman–Crippen MR) is 50.3 cm³/mol. The molecule has 0 aliphatic carbocycles. The van der Waals surface area contributed by atoms with Crippen molar-refractivity contribution >= 4 is 12.0 Å². The first-order valence-electron chi connectivity index (χ1n) is 4.08. The molecule has 3 nitrogen and oxygen atoms in total. The fraction of sp³-hybridized carbons (Fsp3) is 0.200. The van der Waals surface area contributed by atoms with Crippen LogP contribution in [0.1, 0.15) is 23.2 Å². The Bertz CT molecular complexity index is 293. The lowest BCUT2D eigenvalue weighted by Crippen LogP contribution is -1.98. The van der Waals surface area contributed by atoms with Crippen LogP contribution < -0.4 is 0 Å². The molecule has 0 aliphatic rings. The van der Waals surface area contributed by atoms with Crippen molar-refractivity contribution in [3.05, 3.63) is 35.9 Å². The molecule has 3 heteroatoms. The van der Waals surface area contributed by atoms with E-state index in [1.165, 1.54) is 6.21 Å². The van der Waals surface area contributed by atoms with Gasteiger partial charge in [0.15, 0.2) is 5.78 Å². The van der Waals surface area contributed by atoms with E-state index in [-0.39, 0.29) is 5.78 Å². The highest BCUT2D eigenvalue weighted by molar-refractivity contribution is 5.96. The molecule has 0 saturated heterocycles. The van der Waals surface area contributed by atoms with Gasteiger partial charge in [-0.05, 0) is 6.42 Å². The van der Waals surface area contributed by atoms with Crippen molar-refractivity contribution in [3.8, 4) is 0 Å². The first kappa shape index (κ1) is 9.45. The third-order valence-electron chi connectivity index (χ3n) is 1.68. The Hall–Kier alpha value is -1.64. The van der Waals surface area contributed by atoms with Crippen molar-refractivity contribution in [2.75, 3.05) is 0 Å². The van der Waals surface area contributed by atoms with Gasteiger partial charge in [0, 0.05) is 18.2 Å². The number of nitrogens with zero attached hydrogens (tertiary/aromatic N) is 1. The maximum atomic E-state index is 11.4. The molecule has 0 amide bonds. The van der Waals surface area contributed by atoms with Crippen LogP contribution in [0.5, 0.6) is 0 Å². The lowest BCUT2D eigenvalue weighted by Gasteiger charge is -1.96. The van der Waals surface area contributed by atoms with Gasteiger partial charge in [0.25, 0.3) is 0 Å². The number of Topliss-reactive ketones (excluding diaryl/α,β-unsaturated/α-hetero) is 1. The van der Waals surface area contributed by atoms with Gasteiger partial charge in [-0.3, -0.25) is 4.79 Å². The lowest BCUT2D eigenvalue weighted by atomic mass is 10.1. The average Bonchev–Trinajstić information content (AvgIpc) is 2.19. The highest BCUT2D eigenvalue weighted by Crippen LogP contribution is 2.03. The summed E-state index contributed by atoms with van der Waals surface area (Å²) in [6.45, 7) is 0. The number of ketones is 1. The first-order chi connectivity index (χ1) is 6.34. The van der Waals surface area contributed by atoms with Crippen molar-refractivity contribution in [1.29, 1.82) is 0 Å². The van der Waals surface area contributed by atoms with Crippen molar-refractivity contribution < 1.29 is 10.0 Å². The summed E-state index contributed by atoms with van der Waals surface area (Å²) in [5, 5.41) is 10.9. The molecule has 0 bridgehead atoms. The van der Waals surface area contributed by atoms with Crippen LogP contribution in [-0.4, -0.2) is 17.2 Å². The van der Waals surface area contributed by atoms with E-state index >= 15 is 0 Å². The van der Waals surface area contributed by atoms with Crippen LogP contribution in [-0.2, 0) is 0 Å². The van der Waals surface area contributed by atoms with Gasteiger partial charge >= 0.3 is 0 Å². The Morgan fingerprint density at radius 1 is 1.38 bits per heavy atom. The Kier molecular flexibility index (Phi) is 3.70. The van der Waals surface area contributed by atoms with E-state index < -0.39 is 0 Å². The predicted octanol–water partition coefficient (Wildman–Crippen LogP) is 2.11. The van der Waals surface area contributed by atoms with Gasteiger partial charge in [0.05, 0.1) is 0 Å². The average molecular weight is 177 g/mol. The number of oxime groups is 1. The summed E-state index contributed by atoms with van der Waals surface area (Å²) < 4.78 is 0. The molecule has 0 heterocycles. The third-order valence-corrected chi connectivity index (χ3v) is 1.68. The second kappa shape index (κ2) is 5.09. The van der Waals surface area contributed by atoms with Gasteiger partial charge < -0.3 is 5.21 Å². The molecule has 1 aromatic rings. The molecule has 1 aromatic carbocycles. The van der Waals surface area contributed by atoms with E-state index in [4.69, 9.17) is 5.21 Å². The highest BCUT2D eigenvalue weighted by atomic mass is 16.4. The van der Waals surface area contributed by atoms with E-state index in [2.05, 4.69) is 5.16 Å². The Morgan fingerprint density at radius 2 is 2.08 bits per heavy atom. The molecule has 68 valence electrons. The van der Waals surface area contributed by atoms with Crippen LogP contribution in [0.4, 0.5) is 0 Å². The standard InChI is InChI=1S/C10H11NO2/c12-10(7-4-8-11-13)9-5-2-1-3-6-9/h1-3,5-6,8,13H,4,7H2. The maximum absolute atomic E-state index is 11.4. The van der Waals surface area contributed by atoms with Crippen molar-refractivity contribution in [2.45, 2.75) is 12.8 Å². The van der Waals surface area contributed by atoms with Crippen LogP contribution in [0, 0.1) is 0 Å². The molecule has 0 spiro atoms. The second-order valence-electron chi connectivity index (χ2n) is 2.63. The van der Waals surface area contributed by atoms with Gasteiger partial charge in [-0.1, -0.05) is 30.3 Å². The van der Waals surface area contributed by atoms with Crippen LogP contribution >= 0.6 is 0 Å². The fourth-order valence-electron chi connectivity index (χ4n) is 1.02. The van der Waals surface area contributed by atoms with Gasteiger partial charge in [-0.15, -0.1) is 5.16 Å². The minimum absolute atomic E-state index is 0.0699. The van der Waals surface area contributed by atoms with E-state index in [1.807, 2.05) is 18.2 Å². The van der Waals surface area contributed by atoms with E-state index in [0.29, 0.717) is 18.4 Å². The minimum Gasteiger partial charge on any atom is -0.411 e. The highest BCUT2D eigenvalue weighted by Gasteiger charge is 2.02. The molecule has 0 unspecified atom stereocenters. The number of benzene rings is 1. The molecule has 13 heavy (non-hydrogen) atoms. The number of carbonyl (C=O) groups excluding carboxylic acids is 1. The van der Waals surface area contributed by atoms with Crippen LogP contribution in [0.3, 0.4) is 0 Å². The monoisotopic (exact) mass is 177 g/mol. The van der Waals surface area contributed by atoms with E-state index in [1.54, 1.807) is 12.1 Å². The summed E-state index contributed by atoms with van der Waals surface area (Å²) >= 11 is 0. The molecule has 0 fully saturated rings. The summed E-state index contributed by atoms with van der Waals surface area (Å²) in [6.07, 6.45) is 2.18. The van der Waals surface area contributed by atoms with Crippen LogP contribution in [0.15, 0.2) is 35.5 Å². The molecule has 0 saturated carbocycles. The normalized spacial score (nSPS) is 10.5. The first-order valence-corrected chi connectivity index (χ1v) is 4.08. The number of hydrogen-bond acceptors (Lipinski definition) is 3. The number of rotatable bonds is 4.